The van der Waals surface area contributed by atoms with Crippen molar-refractivity contribution in [2.24, 2.45) is 0 Å². The van der Waals surface area contributed by atoms with Crippen LogP contribution in [0.5, 0.6) is 11.5 Å². The van der Waals surface area contributed by atoms with Crippen molar-refractivity contribution in [1.82, 2.24) is 0 Å². The minimum atomic E-state index is -0.726. The van der Waals surface area contributed by atoms with E-state index in [0.29, 0.717) is 28.0 Å². The topological polar surface area (TPSA) is 104 Å². The third kappa shape index (κ3) is 3.40. The van der Waals surface area contributed by atoms with E-state index in [1.807, 2.05) is 0 Å². The summed E-state index contributed by atoms with van der Waals surface area (Å²) in [5.74, 6) is -0.193. The number of ether oxygens (including phenoxy) is 3. The molecule has 1 amide bonds. The first-order valence-electron chi connectivity index (χ1n) is 8.80. The number of hydrogen-bond donors (Lipinski definition) is 1. The van der Waals surface area contributed by atoms with Crippen LogP contribution in [0.15, 0.2) is 51.7 Å². The maximum absolute atomic E-state index is 12.5. The average molecular weight is 395 g/mol. The standard InChI is InChI=1S/C21H17NO7/c1-26-15-7-5-13-16(29-21(25)19(13)20(15)27-2)10-17(23)22-12-4-6-14-11(9-12)3-8-18(24)28-14/h3-9,16H,10H2,1-2H3,(H,22,23). The molecule has 2 heterocycles. The van der Waals surface area contributed by atoms with E-state index < -0.39 is 17.7 Å². The second-order valence-corrected chi connectivity index (χ2v) is 6.42. The Bertz CT molecular complexity index is 1180. The molecule has 8 nitrogen and oxygen atoms in total. The number of carbonyl (C=O) groups excluding carboxylic acids is 2. The number of anilines is 1. The van der Waals surface area contributed by atoms with E-state index in [1.165, 1.54) is 20.3 Å². The highest BCUT2D eigenvalue weighted by Crippen LogP contribution is 2.43. The van der Waals surface area contributed by atoms with Crippen LogP contribution in [0.3, 0.4) is 0 Å². The van der Waals surface area contributed by atoms with Crippen LogP contribution in [0.25, 0.3) is 11.0 Å². The molecule has 0 aliphatic carbocycles. The summed E-state index contributed by atoms with van der Waals surface area (Å²) in [4.78, 5) is 36.1. The number of fused-ring (bicyclic) bond motifs is 2. The van der Waals surface area contributed by atoms with Gasteiger partial charge in [0.15, 0.2) is 11.5 Å². The Morgan fingerprint density at radius 1 is 1.07 bits per heavy atom. The molecular formula is C21H17NO7. The molecule has 1 aliphatic heterocycles. The van der Waals surface area contributed by atoms with Crippen molar-refractivity contribution in [3.05, 3.63) is 64.0 Å². The summed E-state index contributed by atoms with van der Waals surface area (Å²) in [5, 5.41) is 3.44. The Morgan fingerprint density at radius 2 is 1.90 bits per heavy atom. The number of hydrogen-bond acceptors (Lipinski definition) is 7. The molecule has 1 unspecified atom stereocenters. The summed E-state index contributed by atoms with van der Waals surface area (Å²) in [7, 11) is 2.91. The number of nitrogens with one attached hydrogen (secondary N) is 1. The van der Waals surface area contributed by atoms with Gasteiger partial charge in [-0.1, -0.05) is 6.07 Å². The molecule has 0 saturated heterocycles. The number of rotatable bonds is 5. The molecule has 148 valence electrons. The Morgan fingerprint density at radius 3 is 2.66 bits per heavy atom. The molecule has 0 bridgehead atoms. The van der Waals surface area contributed by atoms with Gasteiger partial charge in [0.25, 0.3) is 0 Å². The van der Waals surface area contributed by atoms with Crippen LogP contribution in [-0.4, -0.2) is 26.1 Å². The van der Waals surface area contributed by atoms with Crippen LogP contribution in [-0.2, 0) is 9.53 Å². The van der Waals surface area contributed by atoms with Crippen LogP contribution >= 0.6 is 0 Å². The van der Waals surface area contributed by atoms with Gasteiger partial charge in [-0.2, -0.15) is 0 Å². The van der Waals surface area contributed by atoms with E-state index in [-0.39, 0.29) is 23.6 Å². The lowest BCUT2D eigenvalue weighted by Gasteiger charge is -2.13. The molecule has 8 heteroatoms. The molecule has 3 aromatic rings. The van der Waals surface area contributed by atoms with Crippen molar-refractivity contribution in [2.45, 2.75) is 12.5 Å². The van der Waals surface area contributed by atoms with Crippen molar-refractivity contribution in [3.8, 4) is 11.5 Å². The zero-order chi connectivity index (χ0) is 20.5. The van der Waals surface area contributed by atoms with E-state index in [4.69, 9.17) is 18.6 Å². The Hall–Kier alpha value is -3.81. The van der Waals surface area contributed by atoms with Gasteiger partial charge >= 0.3 is 11.6 Å². The molecular weight excluding hydrogens is 378 g/mol. The highest BCUT2D eigenvalue weighted by Gasteiger charge is 2.36. The van der Waals surface area contributed by atoms with E-state index in [2.05, 4.69) is 5.32 Å². The van der Waals surface area contributed by atoms with Gasteiger partial charge in [-0.25, -0.2) is 9.59 Å². The predicted octanol–water partition coefficient (Wildman–Crippen LogP) is 3.05. The van der Waals surface area contributed by atoms with Gasteiger partial charge in [0, 0.05) is 22.7 Å². The number of amides is 1. The summed E-state index contributed by atoms with van der Waals surface area (Å²) >= 11 is 0. The number of methoxy groups -OCH3 is 2. The highest BCUT2D eigenvalue weighted by molar-refractivity contribution is 5.99. The van der Waals surface area contributed by atoms with Crippen LogP contribution < -0.4 is 20.4 Å². The molecule has 1 aliphatic rings. The van der Waals surface area contributed by atoms with Gasteiger partial charge < -0.3 is 23.9 Å². The van der Waals surface area contributed by atoms with E-state index in [1.54, 1.807) is 36.4 Å². The zero-order valence-corrected chi connectivity index (χ0v) is 15.7. The third-order valence-corrected chi connectivity index (χ3v) is 4.65. The molecule has 1 N–H and O–H groups in total. The molecule has 29 heavy (non-hydrogen) atoms. The Kier molecular flexibility index (Phi) is 4.67. The number of cyclic esters (lactones) is 1. The molecule has 1 aromatic heterocycles. The molecule has 0 saturated carbocycles. The zero-order valence-electron chi connectivity index (χ0n) is 15.7. The first kappa shape index (κ1) is 18.5. The average Bonchev–Trinajstić information content (AvgIpc) is 3.02. The smallest absolute Gasteiger partial charge is 0.343 e. The largest absolute Gasteiger partial charge is 0.493 e. The Balaban J connectivity index is 1.54. The summed E-state index contributed by atoms with van der Waals surface area (Å²) in [6.07, 6.45) is -0.786. The summed E-state index contributed by atoms with van der Waals surface area (Å²) in [5.41, 5.74) is 1.36. The highest BCUT2D eigenvalue weighted by atomic mass is 16.6. The van der Waals surface area contributed by atoms with Crippen LogP contribution in [0, 0.1) is 0 Å². The SMILES string of the molecule is COc1ccc2c(c1OC)C(=O)OC2CC(=O)Nc1ccc2oc(=O)ccc2c1. The summed E-state index contributed by atoms with van der Waals surface area (Å²) in [6.45, 7) is 0. The second kappa shape index (κ2) is 7.31. The third-order valence-electron chi connectivity index (χ3n) is 4.65. The lowest BCUT2D eigenvalue weighted by molar-refractivity contribution is -0.118. The van der Waals surface area contributed by atoms with E-state index in [0.717, 1.165) is 0 Å². The molecule has 0 radical (unpaired) electrons. The minimum Gasteiger partial charge on any atom is -0.493 e. The van der Waals surface area contributed by atoms with Crippen molar-refractivity contribution in [2.75, 3.05) is 19.5 Å². The number of esters is 1. The normalized spacial score (nSPS) is 15.0. The predicted molar refractivity (Wildman–Crippen MR) is 103 cm³/mol. The van der Waals surface area contributed by atoms with E-state index >= 15 is 0 Å². The van der Waals surface area contributed by atoms with Gasteiger partial charge in [-0.15, -0.1) is 0 Å². The fourth-order valence-electron chi connectivity index (χ4n) is 3.35. The molecule has 4 rings (SSSR count). The molecule has 0 fully saturated rings. The summed E-state index contributed by atoms with van der Waals surface area (Å²) < 4.78 is 21.0. The van der Waals surface area contributed by atoms with E-state index in [9.17, 15) is 14.4 Å². The maximum Gasteiger partial charge on any atom is 0.343 e. The first-order chi connectivity index (χ1) is 14.0. The van der Waals surface area contributed by atoms with Gasteiger partial charge in [0.1, 0.15) is 17.3 Å². The lowest BCUT2D eigenvalue weighted by Crippen LogP contribution is -2.15. The van der Waals surface area contributed by atoms with Crippen molar-refractivity contribution in [3.63, 3.8) is 0 Å². The summed E-state index contributed by atoms with van der Waals surface area (Å²) in [6, 6.07) is 11.2. The Labute approximate surface area is 165 Å². The van der Waals surface area contributed by atoms with Gasteiger partial charge in [-0.05, 0) is 30.3 Å². The minimum absolute atomic E-state index is 0.0594. The number of carbonyl (C=O) groups is 2. The van der Waals surface area contributed by atoms with Crippen LogP contribution in [0.2, 0.25) is 0 Å². The fraction of sp³-hybridized carbons (Fsp3) is 0.190. The second-order valence-electron chi connectivity index (χ2n) is 6.42. The van der Waals surface area contributed by atoms with Crippen molar-refractivity contribution >= 4 is 28.5 Å². The molecule has 2 aromatic carbocycles. The van der Waals surface area contributed by atoms with Gasteiger partial charge in [-0.3, -0.25) is 4.79 Å². The van der Waals surface area contributed by atoms with Crippen LogP contribution in [0.1, 0.15) is 28.4 Å². The quantitative estimate of drug-likeness (QED) is 0.523. The first-order valence-corrected chi connectivity index (χ1v) is 8.80. The van der Waals surface area contributed by atoms with Crippen molar-refractivity contribution < 1.29 is 28.2 Å². The lowest BCUT2D eigenvalue weighted by atomic mass is 10.0. The number of benzene rings is 2. The van der Waals surface area contributed by atoms with Crippen LogP contribution in [0.4, 0.5) is 5.69 Å². The fourth-order valence-corrected chi connectivity index (χ4v) is 3.35. The molecule has 1 atom stereocenters. The van der Waals surface area contributed by atoms with Gasteiger partial charge in [0.05, 0.1) is 20.6 Å². The monoisotopic (exact) mass is 395 g/mol. The van der Waals surface area contributed by atoms with Gasteiger partial charge in [0.2, 0.25) is 5.91 Å². The van der Waals surface area contributed by atoms with Crippen molar-refractivity contribution in [1.29, 1.82) is 0 Å². The molecule has 0 spiro atoms. The maximum atomic E-state index is 12.5.